The van der Waals surface area contributed by atoms with E-state index in [0.717, 1.165) is 18.4 Å². The normalized spacial score (nSPS) is 12.1. The fraction of sp³-hybridized carbons (Fsp3) is 0.600. The van der Waals surface area contributed by atoms with Gasteiger partial charge in [0.25, 0.3) is 0 Å². The lowest BCUT2D eigenvalue weighted by Gasteiger charge is -2.13. The second-order valence-corrected chi connectivity index (χ2v) is 7.37. The topological polar surface area (TPSA) is 66.4 Å². The smallest absolute Gasteiger partial charge is 0.240 e. The van der Waals surface area contributed by atoms with Gasteiger partial charge in [-0.05, 0) is 55.4 Å². The van der Waals surface area contributed by atoms with Crippen molar-refractivity contribution in [2.45, 2.75) is 52.0 Å². The van der Waals surface area contributed by atoms with Crippen LogP contribution in [-0.2, 0) is 16.6 Å². The molecule has 0 aliphatic carbocycles. The summed E-state index contributed by atoms with van der Waals surface area (Å²) in [4.78, 5) is 0.261. The van der Waals surface area contributed by atoms with Gasteiger partial charge in [-0.15, -0.1) is 0 Å². The Bertz CT molecular complexity index is 550. The van der Waals surface area contributed by atoms with Gasteiger partial charge >= 0.3 is 0 Å². The van der Waals surface area contributed by atoms with Crippen LogP contribution in [0.15, 0.2) is 17.0 Å². The number of sulfonamides is 1. The minimum absolute atomic E-state index is 0.151. The molecular weight excluding hydrogens is 274 g/mol. The Hall–Kier alpha value is -0.910. The molecule has 0 fully saturated rings. The van der Waals surface area contributed by atoms with Crippen LogP contribution in [0, 0.1) is 19.8 Å². The molecule has 4 nitrogen and oxygen atoms in total. The largest absolute Gasteiger partial charge is 0.392 e. The molecule has 0 saturated heterocycles. The lowest BCUT2D eigenvalue weighted by atomic mass is 10.1. The van der Waals surface area contributed by atoms with Crippen LogP contribution in [0.2, 0.25) is 0 Å². The first-order chi connectivity index (χ1) is 9.27. The van der Waals surface area contributed by atoms with Gasteiger partial charge in [-0.3, -0.25) is 0 Å². The van der Waals surface area contributed by atoms with Gasteiger partial charge in [0.05, 0.1) is 11.5 Å². The third-order valence-corrected chi connectivity index (χ3v) is 4.95. The average molecular weight is 299 g/mol. The van der Waals surface area contributed by atoms with Crippen molar-refractivity contribution in [2.75, 3.05) is 6.54 Å². The molecule has 0 aliphatic rings. The third kappa shape index (κ3) is 4.58. The van der Waals surface area contributed by atoms with Crippen LogP contribution in [0.5, 0.6) is 0 Å². The fourth-order valence-electron chi connectivity index (χ4n) is 2.13. The lowest BCUT2D eigenvalue weighted by molar-refractivity contribution is 0.280. The summed E-state index contributed by atoms with van der Waals surface area (Å²) in [7, 11) is -3.50. The van der Waals surface area contributed by atoms with Gasteiger partial charge in [0.1, 0.15) is 0 Å². The third-order valence-electron chi connectivity index (χ3n) is 3.34. The molecule has 1 aromatic rings. The molecule has 0 saturated carbocycles. The molecule has 5 heteroatoms. The van der Waals surface area contributed by atoms with Gasteiger partial charge in [-0.1, -0.05) is 19.9 Å². The van der Waals surface area contributed by atoms with Crippen molar-refractivity contribution in [3.8, 4) is 0 Å². The Labute approximate surface area is 122 Å². The number of nitrogens with one attached hydrogen (secondary N) is 1. The summed E-state index contributed by atoms with van der Waals surface area (Å²) < 4.78 is 27.2. The molecule has 0 heterocycles. The molecule has 114 valence electrons. The summed E-state index contributed by atoms with van der Waals surface area (Å²) in [5.41, 5.74) is 2.26. The summed E-state index contributed by atoms with van der Waals surface area (Å²) in [6.45, 7) is 8.17. The van der Waals surface area contributed by atoms with Crippen LogP contribution < -0.4 is 4.72 Å². The van der Waals surface area contributed by atoms with Crippen molar-refractivity contribution < 1.29 is 13.5 Å². The van der Waals surface area contributed by atoms with Crippen LogP contribution >= 0.6 is 0 Å². The van der Waals surface area contributed by atoms with E-state index in [4.69, 9.17) is 0 Å². The SMILES string of the molecule is Cc1cc(C)c(S(=O)(=O)NCCCC(C)C)cc1CO. The summed E-state index contributed by atoms with van der Waals surface area (Å²) in [5, 5.41) is 9.26. The molecular formula is C15H25NO3S. The number of aliphatic hydroxyl groups excluding tert-OH is 1. The predicted octanol–water partition coefficient (Wildman–Crippen LogP) is 2.51. The Kier molecular flexibility index (Phi) is 6.17. The minimum atomic E-state index is -3.50. The van der Waals surface area contributed by atoms with Crippen molar-refractivity contribution in [1.82, 2.24) is 4.72 Å². The highest BCUT2D eigenvalue weighted by molar-refractivity contribution is 7.89. The van der Waals surface area contributed by atoms with Gasteiger partial charge < -0.3 is 5.11 Å². The van der Waals surface area contributed by atoms with Crippen molar-refractivity contribution >= 4 is 10.0 Å². The van der Waals surface area contributed by atoms with Crippen LogP contribution in [0.25, 0.3) is 0 Å². The highest BCUT2D eigenvalue weighted by Crippen LogP contribution is 2.20. The van der Waals surface area contributed by atoms with Crippen molar-refractivity contribution in [1.29, 1.82) is 0 Å². The molecule has 0 spiro atoms. The highest BCUT2D eigenvalue weighted by atomic mass is 32.2. The van der Waals surface area contributed by atoms with Gasteiger partial charge in [-0.2, -0.15) is 0 Å². The van der Waals surface area contributed by atoms with E-state index in [-0.39, 0.29) is 11.5 Å². The Morgan fingerprint density at radius 2 is 1.85 bits per heavy atom. The zero-order chi connectivity index (χ0) is 15.3. The maximum absolute atomic E-state index is 12.3. The van der Waals surface area contributed by atoms with E-state index >= 15 is 0 Å². The summed E-state index contributed by atoms with van der Waals surface area (Å²) in [6, 6.07) is 3.36. The molecule has 0 radical (unpaired) electrons. The van der Waals surface area contributed by atoms with E-state index in [2.05, 4.69) is 18.6 Å². The number of hydrogen-bond acceptors (Lipinski definition) is 3. The molecule has 1 aromatic carbocycles. The van der Waals surface area contributed by atoms with Crippen molar-refractivity contribution in [2.24, 2.45) is 5.92 Å². The van der Waals surface area contributed by atoms with E-state index in [9.17, 15) is 13.5 Å². The molecule has 1 rings (SSSR count). The average Bonchev–Trinajstić information content (AvgIpc) is 2.34. The molecule has 0 unspecified atom stereocenters. The highest BCUT2D eigenvalue weighted by Gasteiger charge is 2.17. The Balaban J connectivity index is 2.87. The Morgan fingerprint density at radius 3 is 2.40 bits per heavy atom. The maximum Gasteiger partial charge on any atom is 0.240 e. The van der Waals surface area contributed by atoms with Gasteiger partial charge in [0.15, 0.2) is 0 Å². The van der Waals surface area contributed by atoms with E-state index in [0.29, 0.717) is 23.6 Å². The second kappa shape index (κ2) is 7.20. The van der Waals surface area contributed by atoms with E-state index in [1.54, 1.807) is 19.1 Å². The first-order valence-electron chi connectivity index (χ1n) is 6.98. The van der Waals surface area contributed by atoms with E-state index < -0.39 is 10.0 Å². The Morgan fingerprint density at radius 1 is 1.20 bits per heavy atom. The van der Waals surface area contributed by atoms with Gasteiger partial charge in [0, 0.05) is 6.54 Å². The first-order valence-corrected chi connectivity index (χ1v) is 8.47. The molecule has 2 N–H and O–H groups in total. The van der Waals surface area contributed by atoms with E-state index in [1.165, 1.54) is 0 Å². The number of rotatable bonds is 7. The first kappa shape index (κ1) is 17.1. The van der Waals surface area contributed by atoms with Crippen molar-refractivity contribution in [3.63, 3.8) is 0 Å². The van der Waals surface area contributed by atoms with Gasteiger partial charge in [-0.25, -0.2) is 13.1 Å². The minimum Gasteiger partial charge on any atom is -0.392 e. The predicted molar refractivity (Wildman–Crippen MR) is 81.1 cm³/mol. The maximum atomic E-state index is 12.3. The molecule has 0 aliphatic heterocycles. The molecule has 0 atom stereocenters. The number of hydrogen-bond donors (Lipinski definition) is 2. The molecule has 0 bridgehead atoms. The number of aliphatic hydroxyl groups is 1. The van der Waals surface area contributed by atoms with Crippen LogP contribution in [0.1, 0.15) is 43.4 Å². The lowest BCUT2D eigenvalue weighted by Crippen LogP contribution is -2.26. The van der Waals surface area contributed by atoms with Crippen molar-refractivity contribution in [3.05, 3.63) is 28.8 Å². The van der Waals surface area contributed by atoms with E-state index in [1.807, 2.05) is 6.92 Å². The summed E-state index contributed by atoms with van der Waals surface area (Å²) in [5.74, 6) is 0.571. The summed E-state index contributed by atoms with van der Waals surface area (Å²) >= 11 is 0. The molecule has 20 heavy (non-hydrogen) atoms. The quantitative estimate of drug-likeness (QED) is 0.760. The molecule has 0 amide bonds. The van der Waals surface area contributed by atoms with Gasteiger partial charge in [0.2, 0.25) is 10.0 Å². The zero-order valence-electron chi connectivity index (χ0n) is 12.7. The molecule has 0 aromatic heterocycles. The standard InChI is InChI=1S/C15H25NO3S/c1-11(2)6-5-7-16-20(18,19)15-9-14(10-17)12(3)8-13(15)4/h8-9,11,16-17H,5-7,10H2,1-4H3. The van der Waals surface area contributed by atoms with Crippen LogP contribution in [0.3, 0.4) is 0 Å². The summed E-state index contributed by atoms with van der Waals surface area (Å²) in [6.07, 6.45) is 1.83. The zero-order valence-corrected chi connectivity index (χ0v) is 13.5. The van der Waals surface area contributed by atoms with Crippen LogP contribution in [-0.4, -0.2) is 20.1 Å². The fourth-order valence-corrected chi connectivity index (χ4v) is 3.48. The monoisotopic (exact) mass is 299 g/mol. The van der Waals surface area contributed by atoms with Crippen LogP contribution in [0.4, 0.5) is 0 Å². The number of benzene rings is 1. The number of aryl methyl sites for hydroxylation is 2. The second-order valence-electron chi connectivity index (χ2n) is 5.64.